The second-order valence-electron chi connectivity index (χ2n) is 5.71. The highest BCUT2D eigenvalue weighted by Gasteiger charge is 2.11. The van der Waals surface area contributed by atoms with Gasteiger partial charge in [-0.25, -0.2) is 9.59 Å². The smallest absolute Gasteiger partial charge is 0.347 e. The van der Waals surface area contributed by atoms with Crippen LogP contribution in [-0.4, -0.2) is 5.78 Å². The van der Waals surface area contributed by atoms with Gasteiger partial charge in [-0.3, -0.25) is 4.79 Å². The molecule has 2 aromatic heterocycles. The van der Waals surface area contributed by atoms with Crippen LogP contribution in [0.4, 0.5) is 0 Å². The fraction of sp³-hybridized carbons (Fsp3) is 0. The van der Waals surface area contributed by atoms with Crippen LogP contribution in [-0.2, 0) is 0 Å². The molecular formula is C21H12O5. The van der Waals surface area contributed by atoms with Crippen molar-refractivity contribution in [1.82, 2.24) is 0 Å². The number of para-hydroxylation sites is 2. The van der Waals surface area contributed by atoms with Crippen LogP contribution in [0.25, 0.3) is 28.0 Å². The minimum absolute atomic E-state index is 0.0925. The second kappa shape index (κ2) is 6.29. The lowest BCUT2D eigenvalue weighted by Crippen LogP contribution is -2.12. The van der Waals surface area contributed by atoms with Crippen molar-refractivity contribution in [2.45, 2.75) is 0 Å². The molecule has 0 aliphatic heterocycles. The summed E-state index contributed by atoms with van der Waals surface area (Å²) in [6.45, 7) is 0. The lowest BCUT2D eigenvalue weighted by molar-refractivity contribution is 0.104. The first-order valence-corrected chi connectivity index (χ1v) is 7.90. The normalized spacial score (nSPS) is 11.4. The summed E-state index contributed by atoms with van der Waals surface area (Å²) in [6.07, 6.45) is 2.51. The molecule has 0 aliphatic carbocycles. The molecular weight excluding hydrogens is 332 g/mol. The van der Waals surface area contributed by atoms with E-state index in [1.165, 1.54) is 18.2 Å². The first-order chi connectivity index (χ1) is 12.6. The summed E-state index contributed by atoms with van der Waals surface area (Å²) in [4.78, 5) is 36.4. The maximum Gasteiger partial charge on any atom is 0.347 e. The Morgan fingerprint density at radius 2 is 1.35 bits per heavy atom. The third-order valence-electron chi connectivity index (χ3n) is 3.99. The van der Waals surface area contributed by atoms with Crippen LogP contribution in [0, 0.1) is 0 Å². The maximum absolute atomic E-state index is 12.4. The Morgan fingerprint density at radius 3 is 2.04 bits per heavy atom. The standard InChI is InChI=1S/C21H12O5/c22-17(16-12-14-6-2-4-8-19(14)26-21(16)24)10-9-15-11-13-5-1-3-7-18(13)25-20(15)23/h1-12H/b10-9+. The number of carbonyl (C=O) groups is 1. The molecule has 26 heavy (non-hydrogen) atoms. The molecule has 2 heterocycles. The monoisotopic (exact) mass is 344 g/mol. The summed E-state index contributed by atoms with van der Waals surface area (Å²) in [5, 5.41) is 1.39. The quantitative estimate of drug-likeness (QED) is 0.321. The van der Waals surface area contributed by atoms with Gasteiger partial charge < -0.3 is 8.83 Å². The van der Waals surface area contributed by atoms with Gasteiger partial charge in [0.1, 0.15) is 16.7 Å². The molecule has 0 spiro atoms. The van der Waals surface area contributed by atoms with Gasteiger partial charge in [0.2, 0.25) is 0 Å². The second-order valence-corrected chi connectivity index (χ2v) is 5.71. The van der Waals surface area contributed by atoms with Gasteiger partial charge in [-0.2, -0.15) is 0 Å². The fourth-order valence-corrected chi connectivity index (χ4v) is 2.68. The summed E-state index contributed by atoms with van der Waals surface area (Å²) in [5.74, 6) is -0.544. The molecule has 5 heteroatoms. The molecule has 0 N–H and O–H groups in total. The minimum atomic E-state index is -0.719. The number of ketones is 1. The van der Waals surface area contributed by atoms with E-state index in [0.29, 0.717) is 16.6 Å². The molecule has 0 bridgehead atoms. The molecule has 0 unspecified atom stereocenters. The molecule has 126 valence electrons. The highest BCUT2D eigenvalue weighted by molar-refractivity contribution is 6.07. The van der Waals surface area contributed by atoms with Crippen LogP contribution in [0.3, 0.4) is 0 Å². The minimum Gasteiger partial charge on any atom is -0.422 e. The molecule has 0 saturated carbocycles. The summed E-state index contributed by atoms with van der Waals surface area (Å²) < 4.78 is 10.4. The van der Waals surface area contributed by atoms with E-state index in [1.54, 1.807) is 48.5 Å². The lowest BCUT2D eigenvalue weighted by atomic mass is 10.1. The van der Waals surface area contributed by atoms with Gasteiger partial charge in [0.25, 0.3) is 0 Å². The number of rotatable bonds is 3. The van der Waals surface area contributed by atoms with Gasteiger partial charge in [-0.15, -0.1) is 0 Å². The van der Waals surface area contributed by atoms with Crippen LogP contribution in [0.2, 0.25) is 0 Å². The summed E-state index contributed by atoms with van der Waals surface area (Å²) in [7, 11) is 0. The Balaban J connectivity index is 1.72. The van der Waals surface area contributed by atoms with E-state index in [-0.39, 0.29) is 11.1 Å². The number of hydrogen-bond acceptors (Lipinski definition) is 5. The zero-order chi connectivity index (χ0) is 18.1. The van der Waals surface area contributed by atoms with Crippen LogP contribution < -0.4 is 11.3 Å². The Morgan fingerprint density at radius 1 is 0.769 bits per heavy atom. The third kappa shape index (κ3) is 2.86. The number of allylic oxidation sites excluding steroid dienone is 1. The number of hydrogen-bond donors (Lipinski definition) is 0. The molecule has 0 fully saturated rings. The summed E-state index contributed by atoms with van der Waals surface area (Å²) in [6, 6.07) is 17.1. The van der Waals surface area contributed by atoms with Crippen molar-refractivity contribution in [2.75, 3.05) is 0 Å². The highest BCUT2D eigenvalue weighted by Crippen LogP contribution is 2.15. The Hall–Kier alpha value is -3.73. The molecule has 0 atom stereocenters. The summed E-state index contributed by atoms with van der Waals surface area (Å²) >= 11 is 0. The zero-order valence-corrected chi connectivity index (χ0v) is 13.5. The van der Waals surface area contributed by atoms with E-state index in [0.717, 1.165) is 5.39 Å². The van der Waals surface area contributed by atoms with Crippen molar-refractivity contribution >= 4 is 33.8 Å². The van der Waals surface area contributed by atoms with Crippen LogP contribution in [0.5, 0.6) is 0 Å². The first-order valence-electron chi connectivity index (χ1n) is 7.90. The molecule has 5 nitrogen and oxygen atoms in total. The van der Waals surface area contributed by atoms with Crippen molar-refractivity contribution in [3.8, 4) is 0 Å². The van der Waals surface area contributed by atoms with E-state index in [1.807, 2.05) is 6.07 Å². The topological polar surface area (TPSA) is 77.5 Å². The highest BCUT2D eigenvalue weighted by atomic mass is 16.4. The lowest BCUT2D eigenvalue weighted by Gasteiger charge is -1.99. The predicted octanol–water partition coefficient (Wildman–Crippen LogP) is 3.80. The van der Waals surface area contributed by atoms with Crippen LogP contribution >= 0.6 is 0 Å². The molecule has 0 amide bonds. The maximum atomic E-state index is 12.4. The van der Waals surface area contributed by atoms with E-state index >= 15 is 0 Å². The molecule has 4 rings (SSSR count). The predicted molar refractivity (Wildman–Crippen MR) is 98.3 cm³/mol. The van der Waals surface area contributed by atoms with E-state index < -0.39 is 17.0 Å². The number of carbonyl (C=O) groups excluding carboxylic acids is 1. The Kier molecular flexibility index (Phi) is 3.82. The van der Waals surface area contributed by atoms with Crippen LogP contribution in [0.15, 0.2) is 85.2 Å². The Bertz CT molecular complexity index is 1290. The van der Waals surface area contributed by atoms with Crippen molar-refractivity contribution in [2.24, 2.45) is 0 Å². The van der Waals surface area contributed by atoms with E-state index in [9.17, 15) is 14.4 Å². The van der Waals surface area contributed by atoms with Crippen molar-refractivity contribution in [3.05, 3.63) is 98.7 Å². The van der Waals surface area contributed by atoms with Gasteiger partial charge >= 0.3 is 11.3 Å². The third-order valence-corrected chi connectivity index (χ3v) is 3.99. The SMILES string of the molecule is O=C(/C=C/c1cc2ccccc2oc1=O)c1cc2ccccc2oc1=O. The summed E-state index contributed by atoms with van der Waals surface area (Å²) in [5.41, 5.74) is -0.265. The van der Waals surface area contributed by atoms with Crippen molar-refractivity contribution in [3.63, 3.8) is 0 Å². The van der Waals surface area contributed by atoms with E-state index in [2.05, 4.69) is 0 Å². The van der Waals surface area contributed by atoms with Crippen molar-refractivity contribution in [1.29, 1.82) is 0 Å². The first kappa shape index (κ1) is 15.8. The molecule has 0 aliphatic rings. The number of fused-ring (bicyclic) bond motifs is 2. The van der Waals surface area contributed by atoms with Gasteiger partial charge in [0.15, 0.2) is 5.78 Å². The average molecular weight is 344 g/mol. The van der Waals surface area contributed by atoms with Crippen molar-refractivity contribution < 1.29 is 13.6 Å². The van der Waals surface area contributed by atoms with E-state index in [4.69, 9.17) is 8.83 Å². The van der Waals surface area contributed by atoms with Gasteiger partial charge in [0, 0.05) is 10.8 Å². The molecule has 4 aromatic rings. The van der Waals surface area contributed by atoms with Crippen LogP contribution in [0.1, 0.15) is 15.9 Å². The zero-order valence-electron chi connectivity index (χ0n) is 13.5. The molecule has 0 saturated heterocycles. The van der Waals surface area contributed by atoms with Gasteiger partial charge in [-0.1, -0.05) is 36.4 Å². The number of benzene rings is 2. The molecule has 2 aromatic carbocycles. The molecule has 0 radical (unpaired) electrons. The van der Waals surface area contributed by atoms with Gasteiger partial charge in [-0.05, 0) is 36.4 Å². The Labute approximate surface area is 146 Å². The largest absolute Gasteiger partial charge is 0.422 e. The average Bonchev–Trinajstić information content (AvgIpc) is 2.65. The van der Waals surface area contributed by atoms with Gasteiger partial charge in [0.05, 0.1) is 5.56 Å². The fourth-order valence-electron chi connectivity index (χ4n) is 2.68.